The molecule has 4 heteroatoms. The Morgan fingerprint density at radius 1 is 1.47 bits per heavy atom. The molecule has 0 amide bonds. The zero-order valence-electron chi connectivity index (χ0n) is 12.2. The molecule has 2 unspecified atom stereocenters. The molecule has 106 valence electrons. The van der Waals surface area contributed by atoms with Gasteiger partial charge in [0.1, 0.15) is 0 Å². The van der Waals surface area contributed by atoms with Crippen LogP contribution in [0.4, 0.5) is 5.69 Å². The van der Waals surface area contributed by atoms with Crippen LogP contribution in [-0.4, -0.2) is 30.3 Å². The minimum absolute atomic E-state index is 0.0413. The Bertz CT molecular complexity index is 393. The lowest BCUT2D eigenvalue weighted by molar-refractivity contribution is 0.0299. The summed E-state index contributed by atoms with van der Waals surface area (Å²) >= 11 is 0. The normalized spacial score (nSPS) is 25.4. The van der Waals surface area contributed by atoms with E-state index in [4.69, 9.17) is 10.5 Å². The lowest BCUT2D eigenvalue weighted by atomic mass is 10.1. The van der Waals surface area contributed by atoms with E-state index in [9.17, 15) is 0 Å². The third-order valence-electron chi connectivity index (χ3n) is 3.86. The summed E-state index contributed by atoms with van der Waals surface area (Å²) in [4.78, 5) is 6.92. The first-order valence-electron chi connectivity index (χ1n) is 7.25. The number of pyridine rings is 1. The highest BCUT2D eigenvalue weighted by Gasteiger charge is 2.25. The summed E-state index contributed by atoms with van der Waals surface area (Å²) < 4.78 is 5.73. The van der Waals surface area contributed by atoms with Gasteiger partial charge in [-0.3, -0.25) is 4.98 Å². The topological polar surface area (TPSA) is 51.4 Å². The lowest BCUT2D eigenvalue weighted by Crippen LogP contribution is -2.48. The van der Waals surface area contributed by atoms with Crippen LogP contribution in [0.3, 0.4) is 0 Å². The smallest absolute Gasteiger partial charge is 0.0723 e. The highest BCUT2D eigenvalue weighted by molar-refractivity contribution is 5.46. The van der Waals surface area contributed by atoms with E-state index in [-0.39, 0.29) is 12.1 Å². The van der Waals surface area contributed by atoms with Crippen molar-refractivity contribution in [2.75, 3.05) is 18.1 Å². The molecular weight excluding hydrogens is 238 g/mol. The number of rotatable bonds is 4. The molecule has 19 heavy (non-hydrogen) atoms. The molecule has 1 saturated heterocycles. The maximum absolute atomic E-state index is 6.00. The molecule has 3 atom stereocenters. The number of hydrogen-bond donors (Lipinski definition) is 1. The first kappa shape index (κ1) is 14.3. The Morgan fingerprint density at radius 3 is 2.84 bits per heavy atom. The summed E-state index contributed by atoms with van der Waals surface area (Å²) in [7, 11) is 0. The molecule has 4 nitrogen and oxygen atoms in total. The van der Waals surface area contributed by atoms with Gasteiger partial charge < -0.3 is 15.4 Å². The number of nitrogens with zero attached hydrogens (tertiary/aromatic N) is 2. The van der Waals surface area contributed by atoms with Crippen molar-refractivity contribution in [3.8, 4) is 0 Å². The molecule has 1 aromatic rings. The first-order valence-corrected chi connectivity index (χ1v) is 7.25. The van der Waals surface area contributed by atoms with Crippen LogP contribution in [0.5, 0.6) is 0 Å². The Hall–Kier alpha value is -1.13. The first-order chi connectivity index (χ1) is 9.15. The van der Waals surface area contributed by atoms with Gasteiger partial charge in [-0.15, -0.1) is 0 Å². The van der Waals surface area contributed by atoms with Crippen molar-refractivity contribution in [1.82, 2.24) is 4.98 Å². The molecule has 2 rings (SSSR count). The Labute approximate surface area is 116 Å². The van der Waals surface area contributed by atoms with Crippen molar-refractivity contribution in [2.24, 2.45) is 5.73 Å². The second-order valence-electron chi connectivity index (χ2n) is 5.31. The molecule has 0 aromatic carbocycles. The fourth-order valence-electron chi connectivity index (χ4n) is 2.49. The third-order valence-corrected chi connectivity index (χ3v) is 3.86. The van der Waals surface area contributed by atoms with Crippen LogP contribution in [0.2, 0.25) is 0 Å². The molecule has 1 aromatic heterocycles. The van der Waals surface area contributed by atoms with Gasteiger partial charge in [-0.2, -0.15) is 0 Å². The van der Waals surface area contributed by atoms with Gasteiger partial charge in [0.2, 0.25) is 0 Å². The second kappa shape index (κ2) is 6.35. The summed E-state index contributed by atoms with van der Waals surface area (Å²) in [6, 6.07) is 4.68. The van der Waals surface area contributed by atoms with Crippen LogP contribution in [-0.2, 0) is 4.74 Å². The summed E-state index contributed by atoms with van der Waals surface area (Å²) in [6.45, 7) is 8.13. The van der Waals surface area contributed by atoms with E-state index in [2.05, 4.69) is 42.8 Å². The van der Waals surface area contributed by atoms with Crippen molar-refractivity contribution in [3.05, 3.63) is 24.0 Å². The van der Waals surface area contributed by atoms with Gasteiger partial charge >= 0.3 is 0 Å². The molecule has 0 radical (unpaired) electrons. The van der Waals surface area contributed by atoms with Crippen LogP contribution >= 0.6 is 0 Å². The molecule has 1 aliphatic rings. The van der Waals surface area contributed by atoms with Gasteiger partial charge in [-0.25, -0.2) is 0 Å². The molecule has 0 aliphatic carbocycles. The Kier molecular flexibility index (Phi) is 4.77. The van der Waals surface area contributed by atoms with E-state index in [1.807, 2.05) is 6.20 Å². The van der Waals surface area contributed by atoms with Crippen LogP contribution in [0.1, 0.15) is 45.3 Å². The Morgan fingerprint density at radius 2 is 2.26 bits per heavy atom. The maximum Gasteiger partial charge on any atom is 0.0723 e. The SMILES string of the molecule is CCC1COC(C)CN1c1ccc([C@H](N)CC)nc1. The highest BCUT2D eigenvalue weighted by Crippen LogP contribution is 2.24. The highest BCUT2D eigenvalue weighted by atomic mass is 16.5. The summed E-state index contributed by atoms with van der Waals surface area (Å²) in [5, 5.41) is 0. The van der Waals surface area contributed by atoms with Crippen molar-refractivity contribution < 1.29 is 4.74 Å². The number of hydrogen-bond acceptors (Lipinski definition) is 4. The molecule has 0 bridgehead atoms. The van der Waals surface area contributed by atoms with Crippen molar-refractivity contribution in [1.29, 1.82) is 0 Å². The number of nitrogens with two attached hydrogens (primary N) is 1. The van der Waals surface area contributed by atoms with Gasteiger partial charge in [0.25, 0.3) is 0 Å². The van der Waals surface area contributed by atoms with Crippen LogP contribution in [0.15, 0.2) is 18.3 Å². The quantitative estimate of drug-likeness (QED) is 0.907. The predicted octanol–water partition coefficient (Wildman–Crippen LogP) is 2.50. The van der Waals surface area contributed by atoms with Crippen molar-refractivity contribution in [2.45, 2.75) is 51.8 Å². The zero-order valence-corrected chi connectivity index (χ0v) is 12.2. The average Bonchev–Trinajstić information content (AvgIpc) is 2.46. The van der Waals surface area contributed by atoms with Crippen molar-refractivity contribution in [3.63, 3.8) is 0 Å². The molecular formula is C15H25N3O. The fraction of sp³-hybridized carbons (Fsp3) is 0.667. The summed E-state index contributed by atoms with van der Waals surface area (Å²) in [6.07, 6.45) is 4.23. The van der Waals surface area contributed by atoms with Crippen LogP contribution in [0, 0.1) is 0 Å². The number of anilines is 1. The Balaban J connectivity index is 2.15. The molecule has 0 spiro atoms. The lowest BCUT2D eigenvalue weighted by Gasteiger charge is -2.39. The van der Waals surface area contributed by atoms with Gasteiger partial charge in [0.15, 0.2) is 0 Å². The van der Waals surface area contributed by atoms with Gasteiger partial charge in [0, 0.05) is 12.6 Å². The summed E-state index contributed by atoms with van der Waals surface area (Å²) in [5.74, 6) is 0. The van der Waals surface area contributed by atoms with E-state index >= 15 is 0 Å². The van der Waals surface area contributed by atoms with Crippen LogP contribution < -0.4 is 10.6 Å². The minimum atomic E-state index is 0.0413. The van der Waals surface area contributed by atoms with E-state index in [1.54, 1.807) is 0 Å². The zero-order chi connectivity index (χ0) is 13.8. The number of aromatic nitrogens is 1. The molecule has 1 fully saturated rings. The minimum Gasteiger partial charge on any atom is -0.375 e. The molecule has 0 saturated carbocycles. The van der Waals surface area contributed by atoms with E-state index in [0.29, 0.717) is 6.04 Å². The number of morpholine rings is 1. The monoisotopic (exact) mass is 263 g/mol. The predicted molar refractivity (Wildman–Crippen MR) is 78.3 cm³/mol. The van der Waals surface area contributed by atoms with Gasteiger partial charge in [-0.1, -0.05) is 13.8 Å². The molecule has 2 heterocycles. The molecule has 2 N–H and O–H groups in total. The summed E-state index contributed by atoms with van der Waals surface area (Å²) in [5.41, 5.74) is 8.15. The fourth-order valence-corrected chi connectivity index (χ4v) is 2.49. The van der Waals surface area contributed by atoms with Crippen LogP contribution in [0.25, 0.3) is 0 Å². The third kappa shape index (κ3) is 3.25. The number of ether oxygens (including phenoxy) is 1. The van der Waals surface area contributed by atoms with E-state index in [1.165, 1.54) is 5.69 Å². The van der Waals surface area contributed by atoms with E-state index in [0.717, 1.165) is 31.7 Å². The second-order valence-corrected chi connectivity index (χ2v) is 5.31. The largest absolute Gasteiger partial charge is 0.375 e. The van der Waals surface area contributed by atoms with Gasteiger partial charge in [-0.05, 0) is 31.9 Å². The van der Waals surface area contributed by atoms with Gasteiger partial charge in [0.05, 0.1) is 36.3 Å². The maximum atomic E-state index is 6.00. The van der Waals surface area contributed by atoms with Crippen molar-refractivity contribution >= 4 is 5.69 Å². The average molecular weight is 263 g/mol. The van der Waals surface area contributed by atoms with E-state index < -0.39 is 0 Å². The molecule has 1 aliphatic heterocycles. The standard InChI is InChI=1S/C15H25N3O/c1-4-12-10-19-11(3)9-18(12)13-6-7-15(17-8-13)14(16)5-2/h6-8,11-12,14H,4-5,9-10,16H2,1-3H3/t11?,12?,14-/m1/s1.